The third kappa shape index (κ3) is 4.14. The zero-order chi connectivity index (χ0) is 21.1. The lowest BCUT2D eigenvalue weighted by Gasteiger charge is -2.32. The summed E-state index contributed by atoms with van der Waals surface area (Å²) in [6.07, 6.45) is 4.70. The second-order valence-electron chi connectivity index (χ2n) is 7.82. The highest BCUT2D eigenvalue weighted by Gasteiger charge is 2.24. The van der Waals surface area contributed by atoms with Crippen molar-refractivity contribution in [3.63, 3.8) is 0 Å². The molecule has 1 aliphatic heterocycles. The van der Waals surface area contributed by atoms with Gasteiger partial charge in [-0.1, -0.05) is 36.4 Å². The van der Waals surface area contributed by atoms with Gasteiger partial charge in [0.2, 0.25) is 0 Å². The van der Waals surface area contributed by atoms with Gasteiger partial charge in [-0.15, -0.1) is 6.58 Å². The van der Waals surface area contributed by atoms with Crippen molar-refractivity contribution in [2.24, 2.45) is 5.92 Å². The first kappa shape index (κ1) is 20.3. The van der Waals surface area contributed by atoms with Crippen LogP contribution in [-0.2, 0) is 13.0 Å². The van der Waals surface area contributed by atoms with Gasteiger partial charge >= 0.3 is 0 Å². The monoisotopic (exact) mass is 419 g/mol. The highest BCUT2D eigenvalue weighted by Crippen LogP contribution is 2.23. The lowest BCUT2D eigenvalue weighted by Crippen LogP contribution is -2.39. The molecule has 0 radical (unpaired) electrons. The molecule has 1 aromatic heterocycles. The number of fused-ring (bicyclic) bond motifs is 1. The summed E-state index contributed by atoms with van der Waals surface area (Å²) in [7, 11) is 0. The van der Waals surface area contributed by atoms with Crippen LogP contribution >= 0.6 is 12.2 Å². The Labute approximate surface area is 180 Å². The van der Waals surface area contributed by atoms with Crippen LogP contribution in [0.3, 0.4) is 0 Å². The maximum absolute atomic E-state index is 13.0. The molecule has 1 fully saturated rings. The summed E-state index contributed by atoms with van der Waals surface area (Å²) in [5, 5.41) is 0.517. The summed E-state index contributed by atoms with van der Waals surface area (Å²) in [4.78, 5) is 30.7. The molecule has 3 aromatic rings. The van der Waals surface area contributed by atoms with Gasteiger partial charge in [0.15, 0.2) is 4.77 Å². The minimum atomic E-state index is -0.172. The third-order valence-corrected chi connectivity index (χ3v) is 6.13. The molecular formula is C24H25N3O2S. The second kappa shape index (κ2) is 8.79. The van der Waals surface area contributed by atoms with Gasteiger partial charge in [0.25, 0.3) is 11.5 Å². The number of hydrogen-bond acceptors (Lipinski definition) is 3. The number of rotatable bonds is 5. The van der Waals surface area contributed by atoms with Gasteiger partial charge in [0, 0.05) is 25.2 Å². The van der Waals surface area contributed by atoms with Crippen molar-refractivity contribution in [1.29, 1.82) is 0 Å². The summed E-state index contributed by atoms with van der Waals surface area (Å²) in [5.74, 6) is 0.608. The number of H-pyrrole nitrogens is 1. The summed E-state index contributed by atoms with van der Waals surface area (Å²) in [6.45, 7) is 5.53. The van der Waals surface area contributed by atoms with Crippen molar-refractivity contribution in [1.82, 2.24) is 14.5 Å². The minimum Gasteiger partial charge on any atom is -0.339 e. The van der Waals surface area contributed by atoms with Gasteiger partial charge in [-0.2, -0.15) is 0 Å². The van der Waals surface area contributed by atoms with Gasteiger partial charge in [-0.05, 0) is 61.2 Å². The fourth-order valence-electron chi connectivity index (χ4n) is 4.15. The molecule has 1 N–H and O–H groups in total. The standard InChI is InChI=1S/C24H25N3O2S/c1-2-12-27-23(29)20-9-8-19(16-21(20)25-24(27)30)22(28)26-13-10-18(11-14-26)15-17-6-4-3-5-7-17/h2-9,16,18H,1,10-15H2,(H,25,30). The average Bonchev–Trinajstić information content (AvgIpc) is 2.77. The number of carbonyl (C=O) groups is 1. The number of allylic oxidation sites excluding steroid dienone is 1. The quantitative estimate of drug-likeness (QED) is 0.494. The number of carbonyl (C=O) groups excluding carboxylic acids is 1. The lowest BCUT2D eigenvalue weighted by atomic mass is 9.90. The number of nitrogens with one attached hydrogen (secondary N) is 1. The first-order chi connectivity index (χ1) is 14.6. The Hall–Kier alpha value is -2.99. The van der Waals surface area contributed by atoms with Gasteiger partial charge < -0.3 is 9.88 Å². The Morgan fingerprint density at radius 2 is 1.90 bits per heavy atom. The fraction of sp³-hybridized carbons (Fsp3) is 0.292. The molecule has 4 rings (SSSR count). The van der Waals surface area contributed by atoms with E-state index in [0.29, 0.717) is 33.7 Å². The van der Waals surface area contributed by atoms with Gasteiger partial charge in [-0.25, -0.2) is 0 Å². The molecule has 1 aliphatic rings. The number of hydrogen-bond donors (Lipinski definition) is 1. The number of benzene rings is 2. The van der Waals surface area contributed by atoms with Crippen molar-refractivity contribution < 1.29 is 4.79 Å². The van der Waals surface area contributed by atoms with E-state index in [0.717, 1.165) is 32.4 Å². The molecule has 6 heteroatoms. The molecule has 0 unspecified atom stereocenters. The summed E-state index contributed by atoms with van der Waals surface area (Å²) in [5.41, 5.74) is 2.36. The molecule has 0 aliphatic carbocycles. The predicted molar refractivity (Wildman–Crippen MR) is 122 cm³/mol. The van der Waals surface area contributed by atoms with E-state index in [1.54, 1.807) is 24.3 Å². The van der Waals surface area contributed by atoms with E-state index in [-0.39, 0.29) is 11.5 Å². The van der Waals surface area contributed by atoms with E-state index >= 15 is 0 Å². The van der Waals surface area contributed by atoms with Crippen LogP contribution < -0.4 is 5.56 Å². The van der Waals surface area contributed by atoms with E-state index in [4.69, 9.17) is 12.2 Å². The lowest BCUT2D eigenvalue weighted by molar-refractivity contribution is 0.0690. The Morgan fingerprint density at radius 3 is 2.60 bits per heavy atom. The Balaban J connectivity index is 1.48. The second-order valence-corrected chi connectivity index (χ2v) is 8.21. The molecule has 154 valence electrons. The van der Waals surface area contributed by atoms with Crippen LogP contribution in [0.25, 0.3) is 10.9 Å². The molecular weight excluding hydrogens is 394 g/mol. The normalized spacial score (nSPS) is 14.7. The van der Waals surface area contributed by atoms with Crippen molar-refractivity contribution in [3.05, 3.63) is 87.4 Å². The molecule has 1 saturated heterocycles. The number of likely N-dealkylation sites (tertiary alicyclic amines) is 1. The van der Waals surface area contributed by atoms with Crippen LogP contribution in [0, 0.1) is 10.7 Å². The van der Waals surface area contributed by atoms with Crippen LogP contribution in [0.15, 0.2) is 66.0 Å². The first-order valence-corrected chi connectivity index (χ1v) is 10.7. The first-order valence-electron chi connectivity index (χ1n) is 10.3. The van der Waals surface area contributed by atoms with E-state index in [9.17, 15) is 9.59 Å². The highest BCUT2D eigenvalue weighted by molar-refractivity contribution is 7.71. The highest BCUT2D eigenvalue weighted by atomic mass is 32.1. The van der Waals surface area contributed by atoms with E-state index in [2.05, 4.69) is 35.8 Å². The molecule has 0 atom stereocenters. The zero-order valence-corrected chi connectivity index (χ0v) is 17.7. The van der Waals surface area contributed by atoms with Crippen LogP contribution in [0.2, 0.25) is 0 Å². The van der Waals surface area contributed by atoms with E-state index < -0.39 is 0 Å². The van der Waals surface area contributed by atoms with Crippen molar-refractivity contribution in [2.45, 2.75) is 25.8 Å². The van der Waals surface area contributed by atoms with Gasteiger partial charge in [0.1, 0.15) is 0 Å². The number of aromatic amines is 1. The fourth-order valence-corrected chi connectivity index (χ4v) is 4.42. The number of nitrogens with zero attached hydrogens (tertiary/aromatic N) is 2. The maximum Gasteiger partial charge on any atom is 0.262 e. The van der Waals surface area contributed by atoms with Crippen LogP contribution in [0.1, 0.15) is 28.8 Å². The zero-order valence-electron chi connectivity index (χ0n) is 16.8. The van der Waals surface area contributed by atoms with E-state index in [1.807, 2.05) is 11.0 Å². The number of aromatic nitrogens is 2. The topological polar surface area (TPSA) is 58.1 Å². The summed E-state index contributed by atoms with van der Waals surface area (Å²) in [6, 6.07) is 15.7. The molecule has 2 heterocycles. The maximum atomic E-state index is 13.0. The molecule has 0 saturated carbocycles. The molecule has 2 aromatic carbocycles. The van der Waals surface area contributed by atoms with Crippen LogP contribution in [0.4, 0.5) is 0 Å². The smallest absolute Gasteiger partial charge is 0.262 e. The minimum absolute atomic E-state index is 0.00431. The summed E-state index contributed by atoms with van der Waals surface area (Å²) >= 11 is 5.30. The van der Waals surface area contributed by atoms with Gasteiger partial charge in [-0.3, -0.25) is 14.2 Å². The predicted octanol–water partition coefficient (Wildman–Crippen LogP) is 4.34. The summed E-state index contributed by atoms with van der Waals surface area (Å²) < 4.78 is 1.79. The molecule has 0 bridgehead atoms. The Kier molecular flexibility index (Phi) is 5.95. The van der Waals surface area contributed by atoms with E-state index in [1.165, 1.54) is 10.1 Å². The van der Waals surface area contributed by atoms with Crippen molar-refractivity contribution >= 4 is 29.0 Å². The van der Waals surface area contributed by atoms with Crippen LogP contribution in [-0.4, -0.2) is 33.4 Å². The number of piperidine rings is 1. The molecule has 0 spiro atoms. The van der Waals surface area contributed by atoms with Gasteiger partial charge in [0.05, 0.1) is 10.9 Å². The average molecular weight is 420 g/mol. The number of amides is 1. The Bertz CT molecular complexity index is 1190. The van der Waals surface area contributed by atoms with Crippen LogP contribution in [0.5, 0.6) is 0 Å². The molecule has 5 nitrogen and oxygen atoms in total. The van der Waals surface area contributed by atoms with Crippen molar-refractivity contribution in [3.8, 4) is 0 Å². The van der Waals surface area contributed by atoms with Crippen molar-refractivity contribution in [2.75, 3.05) is 13.1 Å². The largest absolute Gasteiger partial charge is 0.339 e. The molecule has 1 amide bonds. The molecule has 30 heavy (non-hydrogen) atoms. The SMILES string of the molecule is C=CCn1c(=S)[nH]c2cc(C(=O)N3CCC(Cc4ccccc4)CC3)ccc2c1=O. The Morgan fingerprint density at radius 1 is 1.17 bits per heavy atom. The third-order valence-electron chi connectivity index (χ3n) is 5.81.